The summed E-state index contributed by atoms with van der Waals surface area (Å²) in [5.41, 5.74) is 0. The van der Waals surface area contributed by atoms with Gasteiger partial charge < -0.3 is 0 Å². The molecule has 0 saturated heterocycles. The van der Waals surface area contributed by atoms with Crippen LogP contribution in [-0.2, 0) is 0 Å². The van der Waals surface area contributed by atoms with Crippen LogP contribution in [0.4, 0.5) is 0 Å². The van der Waals surface area contributed by atoms with Gasteiger partial charge in [0, 0.05) is 0 Å². The second-order valence-electron chi connectivity index (χ2n) is 5.86. The molecule has 18 heavy (non-hydrogen) atoms. The molecule has 0 N–H and O–H groups in total. The fourth-order valence-corrected chi connectivity index (χ4v) is 2.35. The van der Waals surface area contributed by atoms with Crippen LogP contribution in [0.1, 0.15) is 97.8 Å². The van der Waals surface area contributed by atoms with E-state index in [4.69, 9.17) is 0 Å². The highest BCUT2D eigenvalue weighted by Gasteiger charge is 1.99. The van der Waals surface area contributed by atoms with Crippen molar-refractivity contribution in [1.82, 2.24) is 0 Å². The van der Waals surface area contributed by atoms with Crippen LogP contribution in [0.15, 0.2) is 12.2 Å². The van der Waals surface area contributed by atoms with Crippen molar-refractivity contribution in [1.29, 1.82) is 0 Å². The van der Waals surface area contributed by atoms with Gasteiger partial charge in [-0.15, -0.1) is 0 Å². The summed E-state index contributed by atoms with van der Waals surface area (Å²) < 4.78 is 0. The van der Waals surface area contributed by atoms with E-state index in [1.807, 2.05) is 0 Å². The molecule has 0 radical (unpaired) electrons. The molecule has 0 heteroatoms. The third-order valence-corrected chi connectivity index (χ3v) is 3.73. The SMILES string of the molecule is CCCCCC/C=C/CC(C)CCCCCCC. The molecule has 0 aromatic heterocycles. The fraction of sp³-hybridized carbons (Fsp3) is 0.889. The van der Waals surface area contributed by atoms with E-state index in [2.05, 4.69) is 32.9 Å². The smallest absolute Gasteiger partial charge is 0.0325 e. The maximum absolute atomic E-state index is 2.42. The number of allylic oxidation sites excluding steroid dienone is 2. The van der Waals surface area contributed by atoms with Gasteiger partial charge in [0.1, 0.15) is 0 Å². The Balaban J connectivity index is 3.24. The fourth-order valence-electron chi connectivity index (χ4n) is 2.35. The third kappa shape index (κ3) is 13.8. The van der Waals surface area contributed by atoms with E-state index in [9.17, 15) is 0 Å². The molecule has 0 nitrogen and oxygen atoms in total. The van der Waals surface area contributed by atoms with Crippen LogP contribution in [0.5, 0.6) is 0 Å². The Hall–Kier alpha value is -0.260. The average Bonchev–Trinajstić information content (AvgIpc) is 2.37. The van der Waals surface area contributed by atoms with Crippen molar-refractivity contribution < 1.29 is 0 Å². The van der Waals surface area contributed by atoms with Crippen LogP contribution in [0.25, 0.3) is 0 Å². The lowest BCUT2D eigenvalue weighted by Gasteiger charge is -2.08. The molecule has 0 rings (SSSR count). The molecule has 0 aromatic carbocycles. The number of rotatable bonds is 13. The van der Waals surface area contributed by atoms with Crippen LogP contribution >= 0.6 is 0 Å². The molecule has 0 bridgehead atoms. The number of hydrogen-bond acceptors (Lipinski definition) is 0. The van der Waals surface area contributed by atoms with Crippen molar-refractivity contribution in [2.75, 3.05) is 0 Å². The van der Waals surface area contributed by atoms with Gasteiger partial charge in [-0.2, -0.15) is 0 Å². The Labute approximate surface area is 116 Å². The van der Waals surface area contributed by atoms with Crippen molar-refractivity contribution in [3.8, 4) is 0 Å². The Kier molecular flexibility index (Phi) is 14.6. The minimum Gasteiger partial charge on any atom is -0.0885 e. The predicted octanol–water partition coefficient (Wildman–Crippen LogP) is 6.90. The van der Waals surface area contributed by atoms with Crippen molar-refractivity contribution in [3.63, 3.8) is 0 Å². The second-order valence-corrected chi connectivity index (χ2v) is 5.86. The van der Waals surface area contributed by atoms with Crippen molar-refractivity contribution in [3.05, 3.63) is 12.2 Å². The van der Waals surface area contributed by atoms with E-state index < -0.39 is 0 Å². The number of hydrogen-bond donors (Lipinski definition) is 0. The van der Waals surface area contributed by atoms with Gasteiger partial charge in [-0.05, 0) is 25.2 Å². The molecular formula is C18H36. The number of unbranched alkanes of at least 4 members (excludes halogenated alkanes) is 8. The van der Waals surface area contributed by atoms with E-state index >= 15 is 0 Å². The largest absolute Gasteiger partial charge is 0.0885 e. The summed E-state index contributed by atoms with van der Waals surface area (Å²) in [5.74, 6) is 0.888. The highest BCUT2D eigenvalue weighted by molar-refractivity contribution is 4.83. The summed E-state index contributed by atoms with van der Waals surface area (Å²) in [5, 5.41) is 0. The maximum Gasteiger partial charge on any atom is -0.0325 e. The van der Waals surface area contributed by atoms with Gasteiger partial charge in [0.25, 0.3) is 0 Å². The highest BCUT2D eigenvalue weighted by Crippen LogP contribution is 2.15. The molecule has 0 amide bonds. The van der Waals surface area contributed by atoms with Gasteiger partial charge in [-0.3, -0.25) is 0 Å². The van der Waals surface area contributed by atoms with E-state index in [1.165, 1.54) is 77.0 Å². The summed E-state index contributed by atoms with van der Waals surface area (Å²) in [6, 6.07) is 0. The molecule has 0 heterocycles. The Morgan fingerprint density at radius 1 is 0.722 bits per heavy atom. The van der Waals surface area contributed by atoms with Crippen LogP contribution in [0, 0.1) is 5.92 Å². The molecule has 0 aliphatic heterocycles. The van der Waals surface area contributed by atoms with Gasteiger partial charge in [0.05, 0.1) is 0 Å². The molecule has 0 spiro atoms. The predicted molar refractivity (Wildman–Crippen MR) is 85.1 cm³/mol. The summed E-state index contributed by atoms with van der Waals surface area (Å²) in [6.45, 7) is 6.97. The zero-order chi connectivity index (χ0) is 13.5. The first-order valence-corrected chi connectivity index (χ1v) is 8.46. The third-order valence-electron chi connectivity index (χ3n) is 3.73. The van der Waals surface area contributed by atoms with Crippen LogP contribution < -0.4 is 0 Å². The Morgan fingerprint density at radius 2 is 1.33 bits per heavy atom. The van der Waals surface area contributed by atoms with Crippen molar-refractivity contribution in [2.45, 2.75) is 97.8 Å². The normalized spacial score (nSPS) is 13.3. The lowest BCUT2D eigenvalue weighted by Crippen LogP contribution is -1.92. The van der Waals surface area contributed by atoms with Gasteiger partial charge in [0.2, 0.25) is 0 Å². The quantitative estimate of drug-likeness (QED) is 0.247. The molecule has 0 fully saturated rings. The first kappa shape index (κ1) is 17.7. The zero-order valence-corrected chi connectivity index (χ0v) is 13.2. The molecular weight excluding hydrogens is 216 g/mol. The minimum absolute atomic E-state index is 0.888. The average molecular weight is 252 g/mol. The van der Waals surface area contributed by atoms with Crippen LogP contribution in [0.3, 0.4) is 0 Å². The summed E-state index contributed by atoms with van der Waals surface area (Å²) in [7, 11) is 0. The van der Waals surface area contributed by atoms with E-state index in [-0.39, 0.29) is 0 Å². The topological polar surface area (TPSA) is 0 Å². The van der Waals surface area contributed by atoms with Gasteiger partial charge >= 0.3 is 0 Å². The molecule has 1 unspecified atom stereocenters. The maximum atomic E-state index is 2.42. The lowest BCUT2D eigenvalue weighted by molar-refractivity contribution is 0.489. The van der Waals surface area contributed by atoms with E-state index in [0.29, 0.717) is 0 Å². The Bertz CT molecular complexity index is 169. The van der Waals surface area contributed by atoms with E-state index in [1.54, 1.807) is 0 Å². The monoisotopic (exact) mass is 252 g/mol. The standard InChI is InChI=1S/C18H36/c1-4-6-8-10-11-13-15-17-18(3)16-14-12-9-7-5-2/h13,15,18H,4-12,14,16-17H2,1-3H3/b15-13+. The molecule has 0 aliphatic carbocycles. The molecule has 0 aliphatic rings. The molecule has 1 atom stereocenters. The minimum atomic E-state index is 0.888. The van der Waals surface area contributed by atoms with Crippen LogP contribution in [0.2, 0.25) is 0 Å². The van der Waals surface area contributed by atoms with Crippen LogP contribution in [-0.4, -0.2) is 0 Å². The first-order valence-electron chi connectivity index (χ1n) is 8.46. The van der Waals surface area contributed by atoms with Gasteiger partial charge in [0.15, 0.2) is 0 Å². The molecule has 0 aromatic rings. The Morgan fingerprint density at radius 3 is 2.00 bits per heavy atom. The van der Waals surface area contributed by atoms with Crippen molar-refractivity contribution in [2.24, 2.45) is 5.92 Å². The van der Waals surface area contributed by atoms with Crippen molar-refractivity contribution >= 4 is 0 Å². The summed E-state index contributed by atoms with van der Waals surface area (Å²) >= 11 is 0. The summed E-state index contributed by atoms with van der Waals surface area (Å²) in [4.78, 5) is 0. The summed E-state index contributed by atoms with van der Waals surface area (Å²) in [6.07, 6.45) is 21.5. The van der Waals surface area contributed by atoms with E-state index in [0.717, 1.165) is 5.92 Å². The zero-order valence-electron chi connectivity index (χ0n) is 13.2. The van der Waals surface area contributed by atoms with Gasteiger partial charge in [-0.25, -0.2) is 0 Å². The van der Waals surface area contributed by atoms with Gasteiger partial charge in [-0.1, -0.05) is 90.7 Å². The lowest BCUT2D eigenvalue weighted by atomic mass is 9.99. The molecule has 0 saturated carbocycles. The first-order chi connectivity index (χ1) is 8.81. The highest BCUT2D eigenvalue weighted by atomic mass is 14.0. The molecule has 108 valence electrons. The second kappa shape index (κ2) is 14.8.